The molecule has 1 aliphatic carbocycles. The zero-order valence-corrected chi connectivity index (χ0v) is 13.2. The molecule has 4 rings (SSSR count). The number of carbonyl (C=O) groups is 3. The molecule has 126 valence electrons. The largest absolute Gasteiger partial charge is 0.484 e. The molecule has 0 aromatic heterocycles. The van der Waals surface area contributed by atoms with Crippen LogP contribution >= 0.6 is 0 Å². The molecule has 1 saturated carbocycles. The molecular weight excluding hydrogens is 336 g/mol. The number of benzene rings is 1. The third kappa shape index (κ3) is 1.90. The minimum Gasteiger partial charge on any atom is -0.484 e. The number of nitrogens with zero attached hydrogens (tertiary/aromatic N) is 1. The Morgan fingerprint density at radius 2 is 2.08 bits per heavy atom. The quantitative estimate of drug-likeness (QED) is 0.664. The first-order valence-electron chi connectivity index (χ1n) is 7.40. The zero-order valence-electron chi connectivity index (χ0n) is 12.4. The highest BCUT2D eigenvalue weighted by Gasteiger charge is 2.81. The highest BCUT2D eigenvalue weighted by Crippen LogP contribution is 2.58. The summed E-state index contributed by atoms with van der Waals surface area (Å²) in [5.41, 5.74) is -1.33. The van der Waals surface area contributed by atoms with Crippen molar-refractivity contribution in [1.29, 1.82) is 0 Å². The molecule has 24 heavy (non-hydrogen) atoms. The number of aliphatic carboxylic acids is 1. The number of carboxylic acid groups (broad SMARTS) is 1. The number of fused-ring (bicyclic) bond motifs is 3. The van der Waals surface area contributed by atoms with Crippen LogP contribution < -0.4 is 10.1 Å². The van der Waals surface area contributed by atoms with Crippen LogP contribution in [-0.2, 0) is 25.2 Å². The zero-order chi connectivity index (χ0) is 17.1. The van der Waals surface area contributed by atoms with Crippen molar-refractivity contribution in [2.75, 3.05) is 6.61 Å². The van der Waals surface area contributed by atoms with Crippen molar-refractivity contribution >= 4 is 28.6 Å². The Hall–Kier alpha value is -2.42. The number of rotatable bonds is 5. The summed E-state index contributed by atoms with van der Waals surface area (Å²) in [5.74, 6) is -1.62. The van der Waals surface area contributed by atoms with Gasteiger partial charge < -0.3 is 20.1 Å². The molecule has 3 fully saturated rings. The summed E-state index contributed by atoms with van der Waals surface area (Å²) in [5, 5.41) is 10.5. The second-order valence-electron chi connectivity index (χ2n) is 6.00. The maximum Gasteiger partial charge on any atom is 0.330 e. The van der Waals surface area contributed by atoms with E-state index in [0.29, 0.717) is 5.75 Å². The van der Waals surface area contributed by atoms with Gasteiger partial charge in [0.2, 0.25) is 5.91 Å². The van der Waals surface area contributed by atoms with Crippen LogP contribution in [0, 0.1) is 0 Å². The average Bonchev–Trinajstić information content (AvgIpc) is 3.27. The van der Waals surface area contributed by atoms with E-state index in [1.807, 2.05) is 6.07 Å². The van der Waals surface area contributed by atoms with Crippen LogP contribution in [0.1, 0.15) is 6.42 Å². The number of amides is 2. The van der Waals surface area contributed by atoms with Gasteiger partial charge in [0.05, 0.1) is 16.0 Å². The predicted molar refractivity (Wildman–Crippen MR) is 81.4 cm³/mol. The van der Waals surface area contributed by atoms with Crippen LogP contribution in [0.15, 0.2) is 30.3 Å². The third-order valence-electron chi connectivity index (χ3n) is 4.66. The van der Waals surface area contributed by atoms with E-state index in [2.05, 4.69) is 5.32 Å². The Morgan fingerprint density at radius 1 is 1.38 bits per heavy atom. The molecule has 0 spiro atoms. The van der Waals surface area contributed by atoms with Gasteiger partial charge in [-0.25, -0.2) is 4.79 Å². The molecule has 8 nitrogen and oxygen atoms in total. The van der Waals surface area contributed by atoms with Crippen molar-refractivity contribution in [3.05, 3.63) is 30.3 Å². The molecule has 3 aliphatic rings. The van der Waals surface area contributed by atoms with Gasteiger partial charge in [-0.2, -0.15) is 0 Å². The fraction of sp³-hybridized carbons (Fsp3) is 0.400. The van der Waals surface area contributed by atoms with Crippen LogP contribution in [0.2, 0.25) is 0 Å². The van der Waals surface area contributed by atoms with Crippen LogP contribution in [0.4, 0.5) is 0 Å². The van der Waals surface area contributed by atoms with Crippen molar-refractivity contribution in [2.24, 2.45) is 0 Å². The lowest BCUT2D eigenvalue weighted by Gasteiger charge is -2.45. The summed E-state index contributed by atoms with van der Waals surface area (Å²) < 4.78 is 17.6. The minimum atomic E-state index is -1.48. The Kier molecular flexibility index (Phi) is 3.17. The lowest BCUT2D eigenvalue weighted by atomic mass is 10.0. The molecule has 2 saturated heterocycles. The van der Waals surface area contributed by atoms with Gasteiger partial charge in [0.15, 0.2) is 12.1 Å². The molecule has 1 aromatic carbocycles. The fourth-order valence-electron chi connectivity index (χ4n) is 3.39. The van der Waals surface area contributed by atoms with Gasteiger partial charge in [0, 0.05) is 0 Å². The monoisotopic (exact) mass is 350 g/mol. The number of β-lactam (4-membered cyclic amide) rings is 1. The summed E-state index contributed by atoms with van der Waals surface area (Å²) in [7, 11) is -1.48. The van der Waals surface area contributed by atoms with E-state index in [4.69, 9.17) is 4.74 Å². The normalized spacial score (nSPS) is 35.5. The van der Waals surface area contributed by atoms with Crippen LogP contribution in [0.3, 0.4) is 0 Å². The van der Waals surface area contributed by atoms with E-state index in [1.54, 1.807) is 24.3 Å². The number of carbonyl (C=O) groups excluding carboxylic acids is 2. The predicted octanol–water partition coefficient (Wildman–Crippen LogP) is -0.923. The number of carboxylic acids is 1. The van der Waals surface area contributed by atoms with E-state index >= 15 is 0 Å². The molecule has 2 amide bonds. The Morgan fingerprint density at radius 3 is 2.75 bits per heavy atom. The highest BCUT2D eigenvalue weighted by molar-refractivity contribution is 7.87. The highest BCUT2D eigenvalue weighted by atomic mass is 32.2. The standard InChI is InChI=1S/C15H14N2O6S/c18-10(7-23-8-4-2-1-3-5-8)16-11-12(19)17-13(11)24(22)9-6-15(9,17)14(20)21/h1-5,9,11,13H,6-7H2,(H,16,18)(H,20,21)/t9?,11?,13-,15?,24?/m0/s1. The van der Waals surface area contributed by atoms with Crippen molar-refractivity contribution in [1.82, 2.24) is 10.2 Å². The Labute approximate surface area is 139 Å². The molecule has 2 N–H and O–H groups in total. The van der Waals surface area contributed by atoms with Gasteiger partial charge in [-0.15, -0.1) is 0 Å². The maximum atomic E-state index is 12.3. The Bertz CT molecular complexity index is 768. The molecule has 2 heterocycles. The second-order valence-corrected chi connectivity index (χ2v) is 7.71. The lowest BCUT2D eigenvalue weighted by molar-refractivity contribution is -0.163. The van der Waals surface area contributed by atoms with Crippen LogP contribution in [0.25, 0.3) is 0 Å². The number of para-hydroxylation sites is 1. The maximum absolute atomic E-state index is 12.3. The molecule has 2 aliphatic heterocycles. The molecule has 4 unspecified atom stereocenters. The van der Waals surface area contributed by atoms with Gasteiger partial charge in [-0.05, 0) is 18.6 Å². The van der Waals surface area contributed by atoms with E-state index in [9.17, 15) is 23.7 Å². The van der Waals surface area contributed by atoms with Crippen LogP contribution in [-0.4, -0.2) is 60.8 Å². The first-order valence-corrected chi connectivity index (χ1v) is 8.67. The van der Waals surface area contributed by atoms with E-state index < -0.39 is 50.8 Å². The minimum absolute atomic E-state index is 0.217. The molecule has 0 radical (unpaired) electrons. The Balaban J connectivity index is 1.39. The summed E-state index contributed by atoms with van der Waals surface area (Å²) in [6, 6.07) is 7.79. The van der Waals surface area contributed by atoms with Crippen molar-refractivity contribution in [3.8, 4) is 5.75 Å². The molecular formula is C15H14N2O6S. The van der Waals surface area contributed by atoms with Gasteiger partial charge >= 0.3 is 5.97 Å². The number of hydrogen-bond donors (Lipinski definition) is 2. The van der Waals surface area contributed by atoms with Crippen molar-refractivity contribution in [2.45, 2.75) is 28.6 Å². The number of ether oxygens (including phenoxy) is 1. The summed E-state index contributed by atoms with van der Waals surface area (Å²) in [6.45, 7) is -0.277. The smallest absolute Gasteiger partial charge is 0.330 e. The molecule has 1 aromatic rings. The second kappa shape index (κ2) is 5.04. The summed E-state index contributed by atoms with van der Waals surface area (Å²) in [6.07, 6.45) is 0.217. The van der Waals surface area contributed by atoms with Crippen molar-refractivity contribution in [3.63, 3.8) is 0 Å². The molecule has 9 heteroatoms. The first-order chi connectivity index (χ1) is 11.5. The van der Waals surface area contributed by atoms with Gasteiger partial charge in [0.25, 0.3) is 5.91 Å². The van der Waals surface area contributed by atoms with Gasteiger partial charge in [-0.3, -0.25) is 13.8 Å². The van der Waals surface area contributed by atoms with Crippen LogP contribution in [0.5, 0.6) is 5.75 Å². The summed E-state index contributed by atoms with van der Waals surface area (Å²) >= 11 is 0. The molecule has 0 bridgehead atoms. The summed E-state index contributed by atoms with van der Waals surface area (Å²) in [4.78, 5) is 36.7. The van der Waals surface area contributed by atoms with Gasteiger partial charge in [-0.1, -0.05) is 18.2 Å². The third-order valence-corrected chi connectivity index (χ3v) is 6.74. The van der Waals surface area contributed by atoms with E-state index in [-0.39, 0.29) is 13.0 Å². The fourth-order valence-corrected chi connectivity index (χ4v) is 5.69. The van der Waals surface area contributed by atoms with Gasteiger partial charge in [0.1, 0.15) is 17.2 Å². The van der Waals surface area contributed by atoms with Crippen molar-refractivity contribution < 1.29 is 28.4 Å². The van der Waals surface area contributed by atoms with E-state index in [1.165, 1.54) is 4.90 Å². The SMILES string of the molecule is O=C(COc1ccccc1)NC1C(=O)N2[C@H]1S(=O)C1CC12C(=O)O. The first kappa shape index (κ1) is 15.1. The molecule has 5 atom stereocenters. The van der Waals surface area contributed by atoms with E-state index in [0.717, 1.165) is 0 Å². The topological polar surface area (TPSA) is 113 Å². The number of nitrogens with one attached hydrogen (secondary N) is 1. The number of hydrogen-bond acceptors (Lipinski definition) is 5. The average molecular weight is 350 g/mol. The lowest BCUT2D eigenvalue weighted by Crippen LogP contribution is -2.73.